The summed E-state index contributed by atoms with van der Waals surface area (Å²) in [5.41, 5.74) is 1.83. The number of sulfonamides is 1. The fourth-order valence-corrected chi connectivity index (χ4v) is 3.29. The lowest BCUT2D eigenvalue weighted by Crippen LogP contribution is -2.41. The van der Waals surface area contributed by atoms with Crippen molar-refractivity contribution in [3.05, 3.63) is 84.2 Å². The van der Waals surface area contributed by atoms with E-state index in [-0.39, 0.29) is 5.56 Å². The van der Waals surface area contributed by atoms with Crippen molar-refractivity contribution in [2.75, 3.05) is 0 Å². The average Bonchev–Trinajstić information content (AvgIpc) is 3.20. The molecule has 28 heavy (non-hydrogen) atoms. The molecule has 0 radical (unpaired) electrons. The number of hydrogen-bond acceptors (Lipinski definition) is 3. The van der Waals surface area contributed by atoms with Crippen molar-refractivity contribution in [3.63, 3.8) is 0 Å². The first-order valence-corrected chi connectivity index (χ1v) is 9.38. The van der Waals surface area contributed by atoms with Crippen molar-refractivity contribution in [2.45, 2.75) is 11.1 Å². The van der Waals surface area contributed by atoms with Gasteiger partial charge in [0.05, 0.1) is 21.7 Å². The molecule has 2 aromatic carbocycles. The van der Waals surface area contributed by atoms with Gasteiger partial charge in [-0.25, -0.2) is 8.42 Å². The fourth-order valence-electron chi connectivity index (χ4n) is 2.45. The minimum absolute atomic E-state index is 0.203. The largest absolute Gasteiger partial charge is 0.416 e. The third-order valence-corrected chi connectivity index (χ3v) is 5.09. The van der Waals surface area contributed by atoms with E-state index in [1.165, 1.54) is 6.07 Å². The molecule has 0 aliphatic carbocycles. The molecule has 2 N–H and O–H groups in total. The number of benzene rings is 2. The van der Waals surface area contributed by atoms with E-state index in [2.05, 4.69) is 5.43 Å². The molecule has 0 aliphatic rings. The minimum atomic E-state index is -4.58. The Morgan fingerprint density at radius 1 is 0.893 bits per heavy atom. The smallest absolute Gasteiger partial charge is 0.323 e. The van der Waals surface area contributed by atoms with Crippen LogP contribution < -0.4 is 10.3 Å². The zero-order chi connectivity index (χ0) is 20.4. The molecule has 0 unspecified atom stereocenters. The maximum absolute atomic E-state index is 12.6. The van der Waals surface area contributed by atoms with Crippen LogP contribution >= 0.6 is 0 Å². The van der Waals surface area contributed by atoms with E-state index in [0.717, 1.165) is 12.1 Å². The van der Waals surface area contributed by atoms with Crippen molar-refractivity contribution in [1.82, 2.24) is 14.8 Å². The highest BCUT2D eigenvalue weighted by molar-refractivity contribution is 7.89. The molecule has 1 heterocycles. The zero-order valence-electron chi connectivity index (χ0n) is 14.1. The minimum Gasteiger partial charge on any atom is -0.323 e. The molecule has 3 aromatic rings. The first-order valence-electron chi connectivity index (χ1n) is 7.90. The molecule has 10 heteroatoms. The topological polar surface area (TPSA) is 80.2 Å². The zero-order valence-corrected chi connectivity index (χ0v) is 15.0. The Kier molecular flexibility index (Phi) is 5.25. The molecule has 146 valence electrons. The molecule has 0 saturated heterocycles. The number of para-hydroxylation sites is 1. The summed E-state index contributed by atoms with van der Waals surface area (Å²) in [4.78, 5) is 13.9. The summed E-state index contributed by atoms with van der Waals surface area (Å²) in [6.07, 6.45) is -1.14. The van der Waals surface area contributed by atoms with E-state index in [1.54, 1.807) is 47.3 Å². The van der Waals surface area contributed by atoms with Crippen LogP contribution in [-0.2, 0) is 16.2 Å². The Hall–Kier alpha value is -3.11. The normalized spacial score (nSPS) is 12.0. The predicted molar refractivity (Wildman–Crippen MR) is 95.0 cm³/mol. The molecule has 6 nitrogen and oxygen atoms in total. The van der Waals surface area contributed by atoms with Crippen LogP contribution in [0.25, 0.3) is 5.69 Å². The number of amides is 1. The van der Waals surface area contributed by atoms with E-state index in [0.29, 0.717) is 17.8 Å². The molecule has 0 saturated carbocycles. The number of carbonyl (C=O) groups is 1. The predicted octanol–water partition coefficient (Wildman–Crippen LogP) is 3.12. The van der Waals surface area contributed by atoms with Crippen molar-refractivity contribution in [1.29, 1.82) is 0 Å². The number of halogens is 3. The second-order valence-electron chi connectivity index (χ2n) is 5.69. The standard InChI is InChI=1S/C18H14F3N3O3S/c19-18(20,21)13-7-9-14(10-8-13)28(26,27)23-22-17(25)15-5-1-2-6-16(15)24-11-3-4-12-24/h1-12,23H,(H,22,25). The molecule has 0 fully saturated rings. The highest BCUT2D eigenvalue weighted by Crippen LogP contribution is 2.29. The van der Waals surface area contributed by atoms with Crippen LogP contribution in [0, 0.1) is 0 Å². The van der Waals surface area contributed by atoms with E-state index in [4.69, 9.17) is 0 Å². The summed E-state index contributed by atoms with van der Waals surface area (Å²) < 4.78 is 63.9. The van der Waals surface area contributed by atoms with Crippen LogP contribution in [-0.4, -0.2) is 18.9 Å². The van der Waals surface area contributed by atoms with Gasteiger partial charge >= 0.3 is 6.18 Å². The molecule has 0 atom stereocenters. The third-order valence-electron chi connectivity index (χ3n) is 3.82. The highest BCUT2D eigenvalue weighted by Gasteiger charge is 2.30. The summed E-state index contributed by atoms with van der Waals surface area (Å²) in [6, 6.07) is 13.0. The quantitative estimate of drug-likeness (QED) is 0.636. The summed E-state index contributed by atoms with van der Waals surface area (Å²) in [7, 11) is -4.25. The first kappa shape index (κ1) is 19.6. The number of alkyl halides is 3. The van der Waals surface area contributed by atoms with Gasteiger partial charge in [0, 0.05) is 12.4 Å². The number of hydrazine groups is 1. The van der Waals surface area contributed by atoms with Crippen LogP contribution in [0.5, 0.6) is 0 Å². The Bertz CT molecular complexity index is 1080. The van der Waals surface area contributed by atoms with Gasteiger partial charge in [-0.15, -0.1) is 4.83 Å². The van der Waals surface area contributed by atoms with E-state index in [9.17, 15) is 26.4 Å². The van der Waals surface area contributed by atoms with Crippen LogP contribution in [0.2, 0.25) is 0 Å². The average molecular weight is 409 g/mol. The molecular weight excluding hydrogens is 395 g/mol. The Morgan fingerprint density at radius 2 is 1.50 bits per heavy atom. The van der Waals surface area contributed by atoms with Crippen LogP contribution in [0.15, 0.2) is 78.0 Å². The van der Waals surface area contributed by atoms with Crippen molar-refractivity contribution in [3.8, 4) is 5.69 Å². The summed E-state index contributed by atoms with van der Waals surface area (Å²) in [5, 5.41) is 0. The summed E-state index contributed by atoms with van der Waals surface area (Å²) in [6.45, 7) is 0. The van der Waals surface area contributed by atoms with Gasteiger partial charge in [-0.1, -0.05) is 12.1 Å². The van der Waals surface area contributed by atoms with Gasteiger partial charge in [-0.3, -0.25) is 10.2 Å². The van der Waals surface area contributed by atoms with Gasteiger partial charge in [0.2, 0.25) is 0 Å². The van der Waals surface area contributed by atoms with Gasteiger partial charge in [0.25, 0.3) is 15.9 Å². The molecule has 0 bridgehead atoms. The van der Waals surface area contributed by atoms with E-state index < -0.39 is 32.6 Å². The van der Waals surface area contributed by atoms with Gasteiger partial charge < -0.3 is 4.57 Å². The van der Waals surface area contributed by atoms with Crippen molar-refractivity contribution < 1.29 is 26.4 Å². The number of nitrogens with zero attached hydrogens (tertiary/aromatic N) is 1. The van der Waals surface area contributed by atoms with Crippen molar-refractivity contribution >= 4 is 15.9 Å². The second-order valence-corrected chi connectivity index (χ2v) is 7.37. The molecule has 1 aromatic heterocycles. The molecule has 0 aliphatic heterocycles. The maximum atomic E-state index is 12.6. The number of carbonyl (C=O) groups excluding carboxylic acids is 1. The monoisotopic (exact) mass is 409 g/mol. The first-order chi connectivity index (χ1) is 13.2. The lowest BCUT2D eigenvalue weighted by Gasteiger charge is -2.12. The van der Waals surface area contributed by atoms with Gasteiger partial charge in [0.1, 0.15) is 0 Å². The lowest BCUT2D eigenvalue weighted by atomic mass is 10.1. The fraction of sp³-hybridized carbons (Fsp3) is 0.0556. The SMILES string of the molecule is O=C(NNS(=O)(=O)c1ccc(C(F)(F)F)cc1)c1ccccc1-n1cccc1. The Morgan fingerprint density at radius 3 is 2.11 bits per heavy atom. The Balaban J connectivity index is 1.76. The number of rotatable bonds is 5. The summed E-state index contributed by atoms with van der Waals surface area (Å²) in [5.74, 6) is -0.722. The molecule has 1 amide bonds. The molecule has 3 rings (SSSR count). The highest BCUT2D eigenvalue weighted by atomic mass is 32.2. The molecule has 0 spiro atoms. The maximum Gasteiger partial charge on any atom is 0.416 e. The number of hydrogen-bond donors (Lipinski definition) is 2. The number of nitrogens with one attached hydrogen (secondary N) is 2. The van der Waals surface area contributed by atoms with Crippen LogP contribution in [0.4, 0.5) is 13.2 Å². The van der Waals surface area contributed by atoms with Gasteiger partial charge in [-0.2, -0.15) is 13.2 Å². The van der Waals surface area contributed by atoms with E-state index in [1.807, 2.05) is 4.83 Å². The second kappa shape index (κ2) is 7.49. The number of aromatic nitrogens is 1. The lowest BCUT2D eigenvalue weighted by molar-refractivity contribution is -0.137. The summed E-state index contributed by atoms with van der Waals surface area (Å²) >= 11 is 0. The van der Waals surface area contributed by atoms with Gasteiger partial charge in [0.15, 0.2) is 0 Å². The third kappa shape index (κ3) is 4.24. The van der Waals surface area contributed by atoms with Crippen LogP contribution in [0.1, 0.15) is 15.9 Å². The van der Waals surface area contributed by atoms with Crippen LogP contribution in [0.3, 0.4) is 0 Å². The molecular formula is C18H14F3N3O3S. The van der Waals surface area contributed by atoms with Crippen molar-refractivity contribution in [2.24, 2.45) is 0 Å². The van der Waals surface area contributed by atoms with E-state index >= 15 is 0 Å². The van der Waals surface area contributed by atoms with Gasteiger partial charge in [-0.05, 0) is 48.5 Å². The Labute approximate surface area is 158 Å².